The molecule has 2 rings (SSSR count). The van der Waals surface area contributed by atoms with Crippen molar-refractivity contribution in [2.75, 3.05) is 0 Å². The average molecular weight is 416 g/mol. The minimum absolute atomic E-state index is 0.00274. The molecule has 2 aromatic rings. The van der Waals surface area contributed by atoms with E-state index in [9.17, 15) is 33.9 Å². The number of aromatic hydroxyl groups is 1. The quantitative estimate of drug-likeness (QED) is 0.357. The fourth-order valence-electron chi connectivity index (χ4n) is 2.58. The first-order valence-corrected chi connectivity index (χ1v) is 10.9. The standard InChI is InChI=1S/C16H18O9P2/c17-15-8-6-12(27(23,24)25)9-14(15)13(16(18)19)7-3-10-1-4-11(5-2-10)26(20,21)22/h1-2,4-6,8-9,13,17H,3,7H2,(H,18,19)(H2,20,21,22)(H2,23,24,25). The molecule has 0 saturated heterocycles. The van der Waals surface area contributed by atoms with Crippen LogP contribution in [0.2, 0.25) is 0 Å². The number of hydrogen-bond donors (Lipinski definition) is 6. The number of phenolic OH excluding ortho intramolecular Hbond substituents is 1. The van der Waals surface area contributed by atoms with Crippen LogP contribution < -0.4 is 10.6 Å². The van der Waals surface area contributed by atoms with Crippen LogP contribution in [0.15, 0.2) is 42.5 Å². The van der Waals surface area contributed by atoms with E-state index < -0.39 is 38.1 Å². The Bertz CT molecular complexity index is 927. The van der Waals surface area contributed by atoms with Crippen molar-refractivity contribution in [2.24, 2.45) is 0 Å². The minimum atomic E-state index is -4.61. The maximum atomic E-state index is 11.6. The van der Waals surface area contributed by atoms with E-state index in [1.54, 1.807) is 0 Å². The van der Waals surface area contributed by atoms with Gasteiger partial charge in [-0.05, 0) is 48.7 Å². The molecule has 0 spiro atoms. The molecule has 9 nitrogen and oxygen atoms in total. The zero-order chi connectivity index (χ0) is 20.4. The smallest absolute Gasteiger partial charge is 0.356 e. The second-order valence-electron chi connectivity index (χ2n) is 5.93. The summed E-state index contributed by atoms with van der Waals surface area (Å²) in [4.78, 5) is 48.3. The molecule has 27 heavy (non-hydrogen) atoms. The van der Waals surface area contributed by atoms with Crippen molar-refractivity contribution < 1.29 is 43.7 Å². The largest absolute Gasteiger partial charge is 0.508 e. The summed E-state index contributed by atoms with van der Waals surface area (Å²) in [7, 11) is -8.98. The van der Waals surface area contributed by atoms with Gasteiger partial charge in [-0.1, -0.05) is 12.1 Å². The Morgan fingerprint density at radius 3 is 1.89 bits per heavy atom. The van der Waals surface area contributed by atoms with Crippen molar-refractivity contribution in [2.45, 2.75) is 18.8 Å². The van der Waals surface area contributed by atoms with E-state index in [1.165, 1.54) is 24.3 Å². The molecule has 0 aliphatic carbocycles. The van der Waals surface area contributed by atoms with Crippen molar-refractivity contribution in [1.29, 1.82) is 0 Å². The summed E-state index contributed by atoms with van der Waals surface area (Å²) in [6, 6.07) is 8.45. The van der Waals surface area contributed by atoms with E-state index in [0.29, 0.717) is 5.56 Å². The minimum Gasteiger partial charge on any atom is -0.508 e. The highest BCUT2D eigenvalue weighted by atomic mass is 31.2. The fourth-order valence-corrected chi connectivity index (χ4v) is 3.70. The normalized spacial score (nSPS) is 13.3. The number of rotatable bonds is 7. The molecule has 1 unspecified atom stereocenters. The van der Waals surface area contributed by atoms with Crippen LogP contribution in [0.4, 0.5) is 0 Å². The van der Waals surface area contributed by atoms with Crippen LogP contribution in [0.1, 0.15) is 23.5 Å². The fraction of sp³-hybridized carbons (Fsp3) is 0.188. The van der Waals surface area contributed by atoms with Crippen LogP contribution in [0.3, 0.4) is 0 Å². The van der Waals surface area contributed by atoms with E-state index >= 15 is 0 Å². The third-order valence-electron chi connectivity index (χ3n) is 4.02. The highest BCUT2D eigenvalue weighted by Crippen LogP contribution is 2.37. The molecule has 0 fully saturated rings. The maximum absolute atomic E-state index is 11.6. The summed E-state index contributed by atoms with van der Waals surface area (Å²) >= 11 is 0. The van der Waals surface area contributed by atoms with Crippen molar-refractivity contribution in [3.8, 4) is 5.75 Å². The lowest BCUT2D eigenvalue weighted by Crippen LogP contribution is -2.16. The van der Waals surface area contributed by atoms with Gasteiger partial charge in [-0.3, -0.25) is 13.9 Å². The predicted molar refractivity (Wildman–Crippen MR) is 96.6 cm³/mol. The molecule has 2 aromatic carbocycles. The zero-order valence-electron chi connectivity index (χ0n) is 13.8. The topological polar surface area (TPSA) is 173 Å². The number of aliphatic carboxylic acids is 1. The van der Waals surface area contributed by atoms with Crippen LogP contribution >= 0.6 is 15.2 Å². The Morgan fingerprint density at radius 1 is 0.889 bits per heavy atom. The molecule has 0 aliphatic rings. The number of carbonyl (C=O) groups is 1. The van der Waals surface area contributed by atoms with Gasteiger partial charge in [0, 0.05) is 5.56 Å². The summed E-state index contributed by atoms with van der Waals surface area (Å²) in [5.74, 6) is -2.89. The van der Waals surface area contributed by atoms with Gasteiger partial charge in [-0.2, -0.15) is 0 Å². The van der Waals surface area contributed by atoms with Crippen LogP contribution in [0.5, 0.6) is 5.75 Å². The van der Waals surface area contributed by atoms with Crippen molar-refractivity contribution >= 4 is 31.8 Å². The van der Waals surface area contributed by atoms with Gasteiger partial charge in [0.05, 0.1) is 16.5 Å². The van der Waals surface area contributed by atoms with Gasteiger partial charge in [0.25, 0.3) is 0 Å². The summed E-state index contributed by atoms with van der Waals surface area (Å²) < 4.78 is 22.5. The van der Waals surface area contributed by atoms with Crippen molar-refractivity contribution in [3.05, 3.63) is 53.6 Å². The Hall–Kier alpha value is -1.99. The Balaban J connectivity index is 2.26. The number of phenols is 1. The lowest BCUT2D eigenvalue weighted by Gasteiger charge is -2.16. The first kappa shape index (κ1) is 21.3. The second kappa shape index (κ2) is 7.94. The molecule has 11 heteroatoms. The summed E-state index contributed by atoms with van der Waals surface area (Å²) in [5, 5.41) is 18.9. The molecule has 6 N–H and O–H groups in total. The maximum Gasteiger partial charge on any atom is 0.356 e. The summed E-state index contributed by atoms with van der Waals surface area (Å²) in [6.45, 7) is 0. The number of carboxylic acids is 1. The van der Waals surface area contributed by atoms with Gasteiger partial charge in [-0.15, -0.1) is 0 Å². The predicted octanol–water partition coefficient (Wildman–Crippen LogP) is 0.799. The Kier molecular flexibility index (Phi) is 6.27. The van der Waals surface area contributed by atoms with Crippen molar-refractivity contribution in [3.63, 3.8) is 0 Å². The molecular formula is C16H18O9P2. The molecule has 0 saturated carbocycles. The highest BCUT2D eigenvalue weighted by Gasteiger charge is 2.26. The summed E-state index contributed by atoms with van der Waals surface area (Å²) in [6.07, 6.45) is 0.209. The first-order chi connectivity index (χ1) is 12.4. The monoisotopic (exact) mass is 416 g/mol. The Labute approximate surface area is 154 Å². The number of benzene rings is 2. The number of hydrogen-bond acceptors (Lipinski definition) is 4. The van der Waals surface area contributed by atoms with Gasteiger partial charge < -0.3 is 29.8 Å². The average Bonchev–Trinajstić information content (AvgIpc) is 2.54. The van der Waals surface area contributed by atoms with E-state index in [4.69, 9.17) is 9.79 Å². The van der Waals surface area contributed by atoms with Gasteiger partial charge in [0.2, 0.25) is 0 Å². The highest BCUT2D eigenvalue weighted by molar-refractivity contribution is 7.60. The van der Waals surface area contributed by atoms with E-state index in [1.807, 2.05) is 0 Å². The van der Waals surface area contributed by atoms with E-state index in [2.05, 4.69) is 0 Å². The molecule has 0 aliphatic heterocycles. The lowest BCUT2D eigenvalue weighted by molar-refractivity contribution is -0.139. The molecule has 0 bridgehead atoms. The van der Waals surface area contributed by atoms with Gasteiger partial charge in [0.1, 0.15) is 5.75 Å². The molecule has 0 radical (unpaired) electrons. The van der Waals surface area contributed by atoms with Crippen molar-refractivity contribution in [1.82, 2.24) is 0 Å². The van der Waals surface area contributed by atoms with Gasteiger partial charge >= 0.3 is 21.2 Å². The van der Waals surface area contributed by atoms with Crippen LogP contribution in [0.25, 0.3) is 0 Å². The third-order valence-corrected chi connectivity index (χ3v) is 5.94. The van der Waals surface area contributed by atoms with Gasteiger partial charge in [0.15, 0.2) is 0 Å². The summed E-state index contributed by atoms with van der Waals surface area (Å²) in [5.41, 5.74) is 0.499. The van der Waals surface area contributed by atoms with Crippen LogP contribution in [-0.2, 0) is 20.3 Å². The SMILES string of the molecule is O=C(O)C(CCc1ccc(P(=O)(O)O)cc1)c1cc(P(=O)(O)O)ccc1O. The third kappa shape index (κ3) is 5.49. The zero-order valence-corrected chi connectivity index (χ0v) is 15.6. The Morgan fingerprint density at radius 2 is 1.41 bits per heavy atom. The van der Waals surface area contributed by atoms with E-state index in [-0.39, 0.29) is 23.7 Å². The van der Waals surface area contributed by atoms with Crippen LogP contribution in [0, 0.1) is 0 Å². The molecule has 0 heterocycles. The lowest BCUT2D eigenvalue weighted by atomic mass is 9.92. The van der Waals surface area contributed by atoms with Crippen LogP contribution in [-0.4, -0.2) is 35.8 Å². The second-order valence-corrected chi connectivity index (χ2v) is 9.14. The number of aryl methyl sites for hydroxylation is 1. The number of carboxylic acid groups (broad SMARTS) is 1. The van der Waals surface area contributed by atoms with E-state index in [0.717, 1.165) is 18.2 Å². The molecule has 146 valence electrons. The van der Waals surface area contributed by atoms with Gasteiger partial charge in [-0.25, -0.2) is 0 Å². The molecular weight excluding hydrogens is 398 g/mol. The molecule has 0 amide bonds. The first-order valence-electron chi connectivity index (χ1n) is 7.66. The molecule has 0 aromatic heterocycles. The molecule has 1 atom stereocenters.